The van der Waals surface area contributed by atoms with E-state index in [9.17, 15) is 14.7 Å². The molecule has 176 valence electrons. The van der Waals surface area contributed by atoms with E-state index in [0.29, 0.717) is 17.7 Å². The van der Waals surface area contributed by atoms with Gasteiger partial charge in [-0.25, -0.2) is 4.79 Å². The van der Waals surface area contributed by atoms with E-state index in [1.807, 2.05) is 6.07 Å². The maximum Gasteiger partial charge on any atom is 0.328 e. The van der Waals surface area contributed by atoms with Crippen LogP contribution in [0.15, 0.2) is 17.7 Å². The summed E-state index contributed by atoms with van der Waals surface area (Å²) in [5.41, 5.74) is 2.59. The summed E-state index contributed by atoms with van der Waals surface area (Å²) < 4.78 is 11.2. The van der Waals surface area contributed by atoms with Crippen LogP contribution in [0.1, 0.15) is 94.1 Å². The summed E-state index contributed by atoms with van der Waals surface area (Å²) in [6.07, 6.45) is 7.81. The number of hydrogen-bond acceptors (Lipinski definition) is 5. The number of phenolic OH excluding ortho intramolecular Hbond substituents is 1. The summed E-state index contributed by atoms with van der Waals surface area (Å²) in [6.45, 7) is 10.0. The number of methoxy groups -OCH3 is 1. The van der Waals surface area contributed by atoms with Gasteiger partial charge in [0.1, 0.15) is 23.1 Å². The minimum Gasteiger partial charge on any atom is -0.507 e. The van der Waals surface area contributed by atoms with Crippen molar-refractivity contribution in [1.82, 2.24) is 5.32 Å². The molecule has 0 spiro atoms. The highest BCUT2D eigenvalue weighted by Crippen LogP contribution is 2.54. The highest BCUT2D eigenvalue weighted by Gasteiger charge is 2.46. The fourth-order valence-corrected chi connectivity index (χ4v) is 5.13. The molecule has 3 rings (SSSR count). The van der Waals surface area contributed by atoms with Crippen LogP contribution in [-0.2, 0) is 16.0 Å². The minimum absolute atomic E-state index is 0.0169. The first-order chi connectivity index (χ1) is 15.1. The summed E-state index contributed by atoms with van der Waals surface area (Å²) in [6, 6.07) is 1.12. The second kappa shape index (κ2) is 9.55. The topological polar surface area (TPSA) is 84.9 Å². The number of fused-ring (bicyclic) bond motifs is 3. The Morgan fingerprint density at radius 2 is 2.06 bits per heavy atom. The Morgan fingerprint density at radius 1 is 1.34 bits per heavy atom. The third-order valence-corrected chi connectivity index (χ3v) is 6.91. The van der Waals surface area contributed by atoms with E-state index in [-0.39, 0.29) is 28.7 Å². The Labute approximate surface area is 191 Å². The third kappa shape index (κ3) is 4.64. The first-order valence-electron chi connectivity index (χ1n) is 11.7. The zero-order chi connectivity index (χ0) is 23.6. The number of rotatable bonds is 7. The van der Waals surface area contributed by atoms with Crippen LogP contribution < -0.4 is 10.1 Å². The zero-order valence-electron chi connectivity index (χ0n) is 20.2. The molecule has 32 heavy (non-hydrogen) atoms. The molecule has 3 unspecified atom stereocenters. The van der Waals surface area contributed by atoms with Crippen LogP contribution in [0.2, 0.25) is 0 Å². The number of benzene rings is 1. The highest BCUT2D eigenvalue weighted by molar-refractivity contribution is 6.01. The Kier molecular flexibility index (Phi) is 7.21. The minimum atomic E-state index is -0.814. The van der Waals surface area contributed by atoms with Gasteiger partial charge < -0.3 is 19.9 Å². The number of aromatic hydroxyl groups is 1. The number of carbonyl (C=O) groups is 2. The first kappa shape index (κ1) is 24.1. The molecule has 0 bridgehead atoms. The van der Waals surface area contributed by atoms with Gasteiger partial charge in [-0.1, -0.05) is 31.4 Å². The van der Waals surface area contributed by atoms with Gasteiger partial charge in [0.05, 0.1) is 12.7 Å². The Hall–Kier alpha value is -2.50. The predicted octanol–water partition coefficient (Wildman–Crippen LogP) is 5.03. The molecular weight excluding hydrogens is 406 g/mol. The smallest absolute Gasteiger partial charge is 0.328 e. The number of nitrogens with one attached hydrogen (secondary N) is 1. The van der Waals surface area contributed by atoms with E-state index in [1.54, 1.807) is 6.92 Å². The van der Waals surface area contributed by atoms with E-state index in [2.05, 4.69) is 39.1 Å². The van der Waals surface area contributed by atoms with Gasteiger partial charge in [0, 0.05) is 17.4 Å². The normalized spacial score (nSPS) is 22.0. The molecule has 1 amide bonds. The standard InChI is InChI=1S/C26H37NO5/c1-7-8-9-10-17-14-20-22(18-13-15(2)11-12-19(18)26(4,5)32-20)23(28)21(17)24(29)27-16(3)25(30)31-6/h13-14,16,18-19,28H,7-12H2,1-6H3,(H,27,29). The predicted molar refractivity (Wildman–Crippen MR) is 124 cm³/mol. The monoisotopic (exact) mass is 443 g/mol. The number of ether oxygens (including phenoxy) is 2. The van der Waals surface area contributed by atoms with Crippen molar-refractivity contribution in [2.45, 2.75) is 90.7 Å². The van der Waals surface area contributed by atoms with Gasteiger partial charge in [-0.3, -0.25) is 4.79 Å². The fourth-order valence-electron chi connectivity index (χ4n) is 5.13. The number of carbonyl (C=O) groups excluding carboxylic acids is 2. The summed E-state index contributed by atoms with van der Waals surface area (Å²) in [4.78, 5) is 25.1. The van der Waals surface area contributed by atoms with Crippen LogP contribution in [0.25, 0.3) is 0 Å². The number of phenols is 1. The van der Waals surface area contributed by atoms with Crippen molar-refractivity contribution < 1.29 is 24.2 Å². The van der Waals surface area contributed by atoms with Crippen molar-refractivity contribution in [3.05, 3.63) is 34.4 Å². The van der Waals surface area contributed by atoms with Gasteiger partial charge in [-0.05, 0) is 65.0 Å². The van der Waals surface area contributed by atoms with Crippen molar-refractivity contribution in [1.29, 1.82) is 0 Å². The number of amides is 1. The molecule has 2 aliphatic rings. The average Bonchev–Trinajstić information content (AvgIpc) is 2.72. The summed E-state index contributed by atoms with van der Waals surface area (Å²) in [7, 11) is 1.29. The molecule has 2 N–H and O–H groups in total. The molecule has 1 aliphatic heterocycles. The van der Waals surface area contributed by atoms with Crippen molar-refractivity contribution in [3.8, 4) is 11.5 Å². The molecule has 1 aliphatic carbocycles. The second-order valence-corrected chi connectivity index (χ2v) is 9.74. The fraction of sp³-hybridized carbons (Fsp3) is 0.615. The third-order valence-electron chi connectivity index (χ3n) is 6.91. The van der Waals surface area contributed by atoms with Gasteiger partial charge in [-0.2, -0.15) is 0 Å². The zero-order valence-corrected chi connectivity index (χ0v) is 20.2. The van der Waals surface area contributed by atoms with Gasteiger partial charge in [0.15, 0.2) is 0 Å². The summed E-state index contributed by atoms with van der Waals surface area (Å²) >= 11 is 0. The van der Waals surface area contributed by atoms with Crippen LogP contribution in [0, 0.1) is 5.92 Å². The average molecular weight is 444 g/mol. The molecule has 3 atom stereocenters. The van der Waals surface area contributed by atoms with Crippen LogP contribution in [-0.4, -0.2) is 35.7 Å². The van der Waals surface area contributed by atoms with Crippen molar-refractivity contribution >= 4 is 11.9 Å². The molecule has 1 aromatic rings. The lowest BCUT2D eigenvalue weighted by Gasteiger charge is -2.46. The van der Waals surface area contributed by atoms with Crippen LogP contribution in [0.4, 0.5) is 0 Å². The molecule has 0 saturated heterocycles. The van der Waals surface area contributed by atoms with Gasteiger partial charge in [0.2, 0.25) is 0 Å². The number of allylic oxidation sites excluding steroid dienone is 2. The summed E-state index contributed by atoms with van der Waals surface area (Å²) in [5, 5.41) is 14.2. The molecular formula is C26H37NO5. The lowest BCUT2D eigenvalue weighted by Crippen LogP contribution is -2.45. The van der Waals surface area contributed by atoms with Crippen LogP contribution in [0.5, 0.6) is 11.5 Å². The number of aryl methyl sites for hydroxylation is 1. The molecule has 6 heteroatoms. The SMILES string of the molecule is CCCCCc1cc2c(c(O)c1C(=O)NC(C)C(=O)OC)C1C=C(C)CCC1C(C)(C)O2. The lowest BCUT2D eigenvalue weighted by atomic mass is 9.67. The number of hydrogen-bond donors (Lipinski definition) is 2. The molecule has 1 heterocycles. The molecule has 0 aromatic heterocycles. The van der Waals surface area contributed by atoms with E-state index < -0.39 is 17.9 Å². The Balaban J connectivity index is 2.11. The van der Waals surface area contributed by atoms with Crippen molar-refractivity contribution in [3.63, 3.8) is 0 Å². The second-order valence-electron chi connectivity index (χ2n) is 9.74. The molecule has 1 aromatic carbocycles. The molecule has 6 nitrogen and oxygen atoms in total. The van der Waals surface area contributed by atoms with Crippen LogP contribution >= 0.6 is 0 Å². The summed E-state index contributed by atoms with van der Waals surface area (Å²) in [5.74, 6) is -0.173. The molecule has 0 radical (unpaired) electrons. The Morgan fingerprint density at radius 3 is 2.72 bits per heavy atom. The maximum atomic E-state index is 13.3. The molecule has 0 saturated carbocycles. The first-order valence-corrected chi connectivity index (χ1v) is 11.7. The van der Waals surface area contributed by atoms with E-state index in [0.717, 1.165) is 37.7 Å². The Bertz CT molecular complexity index is 917. The van der Waals surface area contributed by atoms with Gasteiger partial charge in [-0.15, -0.1) is 0 Å². The van der Waals surface area contributed by atoms with E-state index in [1.165, 1.54) is 12.7 Å². The lowest BCUT2D eigenvalue weighted by molar-refractivity contribution is -0.142. The molecule has 0 fully saturated rings. The quantitative estimate of drug-likeness (QED) is 0.351. The van der Waals surface area contributed by atoms with Crippen LogP contribution in [0.3, 0.4) is 0 Å². The number of esters is 1. The van der Waals surface area contributed by atoms with E-state index in [4.69, 9.17) is 9.47 Å². The van der Waals surface area contributed by atoms with Crippen molar-refractivity contribution in [2.75, 3.05) is 7.11 Å². The van der Waals surface area contributed by atoms with Gasteiger partial charge in [0.25, 0.3) is 5.91 Å². The van der Waals surface area contributed by atoms with E-state index >= 15 is 0 Å². The number of unbranched alkanes of at least 4 members (excludes halogenated alkanes) is 2. The van der Waals surface area contributed by atoms with Crippen molar-refractivity contribution in [2.24, 2.45) is 5.92 Å². The van der Waals surface area contributed by atoms with Gasteiger partial charge >= 0.3 is 5.97 Å². The largest absolute Gasteiger partial charge is 0.507 e. The highest BCUT2D eigenvalue weighted by atomic mass is 16.5. The maximum absolute atomic E-state index is 13.3.